The third-order valence-corrected chi connectivity index (χ3v) is 6.73. The van der Waals surface area contributed by atoms with Crippen molar-refractivity contribution in [3.63, 3.8) is 0 Å². The van der Waals surface area contributed by atoms with E-state index >= 15 is 0 Å². The molecule has 6 heteroatoms. The molecule has 0 aromatic heterocycles. The van der Waals surface area contributed by atoms with Gasteiger partial charge >= 0.3 is 0 Å². The molecule has 0 radical (unpaired) electrons. The van der Waals surface area contributed by atoms with Crippen molar-refractivity contribution in [2.45, 2.75) is 40.0 Å². The molecule has 2 fully saturated rings. The van der Waals surface area contributed by atoms with Gasteiger partial charge in [0.25, 0.3) is 5.91 Å². The van der Waals surface area contributed by atoms with Crippen LogP contribution >= 0.6 is 0 Å². The first-order chi connectivity index (χ1) is 15.4. The number of benzene rings is 2. The summed E-state index contributed by atoms with van der Waals surface area (Å²) in [5, 5.41) is 2.87. The van der Waals surface area contributed by atoms with Gasteiger partial charge in [0.2, 0.25) is 5.91 Å². The number of carbonyl (C=O) groups is 2. The molecule has 1 N–H and O–H groups in total. The number of rotatable bonds is 4. The number of hydrogen-bond acceptors (Lipinski definition) is 4. The number of hydrogen-bond donors (Lipinski definition) is 1. The number of aryl methyl sites for hydroxylation is 1. The highest BCUT2D eigenvalue weighted by Crippen LogP contribution is 2.30. The molecule has 0 aliphatic carbocycles. The average Bonchev–Trinajstić information content (AvgIpc) is 2.81. The Morgan fingerprint density at radius 1 is 0.812 bits per heavy atom. The standard InChI is InChI=1S/C26H34N4O2/c1-19-8-7-9-24(20(19)2)29-14-16-30(17-15-29)26(32)23-11-10-22(27-21(3)31)18-25(23)28-12-5-4-6-13-28/h7-11,18H,4-6,12-17H2,1-3H3,(H,27,31). The van der Waals surface area contributed by atoms with Gasteiger partial charge in [-0.25, -0.2) is 0 Å². The second kappa shape index (κ2) is 9.63. The molecule has 2 saturated heterocycles. The van der Waals surface area contributed by atoms with Gasteiger partial charge in [-0.1, -0.05) is 12.1 Å². The third-order valence-electron chi connectivity index (χ3n) is 6.73. The summed E-state index contributed by atoms with van der Waals surface area (Å²) in [6, 6.07) is 12.1. The van der Waals surface area contributed by atoms with Crippen molar-refractivity contribution in [3.05, 3.63) is 53.1 Å². The molecule has 2 aromatic rings. The molecule has 2 amide bonds. The molecular formula is C26H34N4O2. The first-order valence-electron chi connectivity index (χ1n) is 11.7. The number of nitrogens with zero attached hydrogens (tertiary/aromatic N) is 3. The lowest BCUT2D eigenvalue weighted by Crippen LogP contribution is -2.49. The maximum atomic E-state index is 13.6. The van der Waals surface area contributed by atoms with E-state index in [9.17, 15) is 9.59 Å². The summed E-state index contributed by atoms with van der Waals surface area (Å²) in [6.07, 6.45) is 3.49. The maximum Gasteiger partial charge on any atom is 0.256 e. The molecule has 0 spiro atoms. The van der Waals surface area contributed by atoms with Gasteiger partial charge in [0.1, 0.15) is 0 Å². The molecule has 0 unspecified atom stereocenters. The van der Waals surface area contributed by atoms with E-state index in [4.69, 9.17) is 0 Å². The number of amides is 2. The molecule has 2 aliphatic heterocycles. The van der Waals surface area contributed by atoms with Crippen LogP contribution in [0.4, 0.5) is 17.1 Å². The van der Waals surface area contributed by atoms with Gasteiger partial charge in [-0.05, 0) is 68.5 Å². The fourth-order valence-corrected chi connectivity index (χ4v) is 4.79. The molecule has 2 heterocycles. The van der Waals surface area contributed by atoms with Crippen molar-refractivity contribution >= 4 is 28.9 Å². The van der Waals surface area contributed by atoms with Crippen LogP contribution in [0.25, 0.3) is 0 Å². The van der Waals surface area contributed by atoms with Crippen LogP contribution in [-0.4, -0.2) is 56.0 Å². The van der Waals surface area contributed by atoms with Gasteiger partial charge in [-0.3, -0.25) is 9.59 Å². The number of anilines is 3. The Labute approximate surface area is 191 Å². The summed E-state index contributed by atoms with van der Waals surface area (Å²) in [5.41, 5.74) is 6.30. The Morgan fingerprint density at radius 3 is 2.19 bits per heavy atom. The van der Waals surface area contributed by atoms with E-state index in [2.05, 4.69) is 47.2 Å². The fraction of sp³-hybridized carbons (Fsp3) is 0.462. The summed E-state index contributed by atoms with van der Waals surface area (Å²) in [4.78, 5) is 31.8. The Bertz CT molecular complexity index is 989. The van der Waals surface area contributed by atoms with Crippen LogP contribution in [0.5, 0.6) is 0 Å². The highest BCUT2D eigenvalue weighted by molar-refractivity contribution is 6.01. The van der Waals surface area contributed by atoms with Crippen LogP contribution < -0.4 is 15.1 Å². The predicted molar refractivity (Wildman–Crippen MR) is 131 cm³/mol. The molecule has 32 heavy (non-hydrogen) atoms. The van der Waals surface area contributed by atoms with Crippen molar-refractivity contribution in [1.82, 2.24) is 4.90 Å². The molecule has 0 saturated carbocycles. The fourth-order valence-electron chi connectivity index (χ4n) is 4.79. The maximum absolute atomic E-state index is 13.6. The Kier molecular flexibility index (Phi) is 6.68. The molecular weight excluding hydrogens is 400 g/mol. The second-order valence-corrected chi connectivity index (χ2v) is 8.96. The quantitative estimate of drug-likeness (QED) is 0.783. The highest BCUT2D eigenvalue weighted by atomic mass is 16.2. The minimum atomic E-state index is -0.101. The summed E-state index contributed by atoms with van der Waals surface area (Å²) in [7, 11) is 0. The molecule has 0 atom stereocenters. The van der Waals surface area contributed by atoms with Gasteiger partial charge in [-0.15, -0.1) is 0 Å². The van der Waals surface area contributed by atoms with E-state index in [-0.39, 0.29) is 11.8 Å². The summed E-state index contributed by atoms with van der Waals surface area (Å²) >= 11 is 0. The van der Waals surface area contributed by atoms with Crippen LogP contribution in [0.3, 0.4) is 0 Å². The summed E-state index contributed by atoms with van der Waals surface area (Å²) in [5.74, 6) is -0.0169. The Morgan fingerprint density at radius 2 is 1.50 bits per heavy atom. The van der Waals surface area contributed by atoms with Gasteiger partial charge < -0.3 is 20.0 Å². The third kappa shape index (κ3) is 4.74. The Hall–Kier alpha value is -3.02. The van der Waals surface area contributed by atoms with E-state index < -0.39 is 0 Å². The number of piperazine rings is 1. The predicted octanol–water partition coefficient (Wildman–Crippen LogP) is 4.21. The minimum Gasteiger partial charge on any atom is -0.371 e. The monoisotopic (exact) mass is 434 g/mol. The average molecular weight is 435 g/mol. The molecule has 4 rings (SSSR count). The number of carbonyl (C=O) groups excluding carboxylic acids is 2. The molecule has 0 bridgehead atoms. The van der Waals surface area contributed by atoms with Crippen LogP contribution in [-0.2, 0) is 4.79 Å². The van der Waals surface area contributed by atoms with E-state index in [0.29, 0.717) is 13.1 Å². The zero-order valence-electron chi connectivity index (χ0n) is 19.5. The normalized spacial score (nSPS) is 16.8. The van der Waals surface area contributed by atoms with E-state index in [1.807, 2.05) is 23.1 Å². The van der Waals surface area contributed by atoms with Crippen molar-refractivity contribution < 1.29 is 9.59 Å². The number of nitrogens with one attached hydrogen (secondary N) is 1. The molecule has 2 aliphatic rings. The van der Waals surface area contributed by atoms with E-state index in [1.165, 1.54) is 30.2 Å². The topological polar surface area (TPSA) is 55.9 Å². The van der Waals surface area contributed by atoms with Crippen LogP contribution in [0.2, 0.25) is 0 Å². The van der Waals surface area contributed by atoms with Gasteiger partial charge in [0.05, 0.1) is 11.3 Å². The summed E-state index contributed by atoms with van der Waals surface area (Å²) < 4.78 is 0. The van der Waals surface area contributed by atoms with E-state index in [1.54, 1.807) is 0 Å². The smallest absolute Gasteiger partial charge is 0.256 e. The zero-order chi connectivity index (χ0) is 22.7. The zero-order valence-corrected chi connectivity index (χ0v) is 19.5. The number of piperidine rings is 1. The van der Waals surface area contributed by atoms with Crippen LogP contribution in [0.1, 0.15) is 47.7 Å². The minimum absolute atomic E-state index is 0.0839. The first kappa shape index (κ1) is 22.2. The van der Waals surface area contributed by atoms with Crippen LogP contribution in [0, 0.1) is 13.8 Å². The Balaban J connectivity index is 1.52. The largest absolute Gasteiger partial charge is 0.371 e. The van der Waals surface area contributed by atoms with Crippen molar-refractivity contribution in [1.29, 1.82) is 0 Å². The lowest BCUT2D eigenvalue weighted by molar-refractivity contribution is -0.114. The highest BCUT2D eigenvalue weighted by Gasteiger charge is 2.27. The van der Waals surface area contributed by atoms with Gasteiger partial charge in [0, 0.05) is 57.6 Å². The summed E-state index contributed by atoms with van der Waals surface area (Å²) in [6.45, 7) is 10.8. The van der Waals surface area contributed by atoms with Gasteiger partial charge in [-0.2, -0.15) is 0 Å². The lowest BCUT2D eigenvalue weighted by Gasteiger charge is -2.38. The first-order valence-corrected chi connectivity index (χ1v) is 11.7. The van der Waals surface area contributed by atoms with Crippen molar-refractivity contribution in [2.75, 3.05) is 54.4 Å². The molecule has 6 nitrogen and oxygen atoms in total. The molecule has 2 aromatic carbocycles. The SMILES string of the molecule is CC(=O)Nc1ccc(C(=O)N2CCN(c3cccc(C)c3C)CC2)c(N2CCCCC2)c1. The second-order valence-electron chi connectivity index (χ2n) is 8.96. The van der Waals surface area contributed by atoms with Gasteiger partial charge in [0.15, 0.2) is 0 Å². The van der Waals surface area contributed by atoms with E-state index in [0.717, 1.165) is 56.0 Å². The van der Waals surface area contributed by atoms with Crippen LogP contribution in [0.15, 0.2) is 36.4 Å². The van der Waals surface area contributed by atoms with Crippen molar-refractivity contribution in [2.24, 2.45) is 0 Å². The molecule has 170 valence electrons. The van der Waals surface area contributed by atoms with Crippen molar-refractivity contribution in [3.8, 4) is 0 Å². The lowest BCUT2D eigenvalue weighted by atomic mass is 10.0.